The second-order valence-electron chi connectivity index (χ2n) is 3.24. The molecule has 2 heterocycles. The van der Waals surface area contributed by atoms with E-state index in [0.717, 1.165) is 5.69 Å². The number of nitrogens with two attached hydrogens (primary N) is 1. The van der Waals surface area contributed by atoms with Gasteiger partial charge in [0, 0.05) is 6.20 Å². The van der Waals surface area contributed by atoms with Crippen LogP contribution in [-0.2, 0) is 0 Å². The number of hydrogen-bond donors (Lipinski definition) is 1. The van der Waals surface area contributed by atoms with Crippen molar-refractivity contribution in [2.45, 2.75) is 6.92 Å². The Morgan fingerprint density at radius 3 is 2.88 bits per heavy atom. The lowest BCUT2D eigenvalue weighted by Gasteiger charge is -2.08. The Kier molecular flexibility index (Phi) is 2.92. The molecule has 16 heavy (non-hydrogen) atoms. The van der Waals surface area contributed by atoms with E-state index in [0.29, 0.717) is 22.3 Å². The van der Waals surface area contributed by atoms with Crippen molar-refractivity contribution in [1.29, 1.82) is 0 Å². The van der Waals surface area contributed by atoms with Gasteiger partial charge in [0.15, 0.2) is 5.75 Å². The van der Waals surface area contributed by atoms with Crippen LogP contribution in [0.25, 0.3) is 0 Å². The number of aryl methyl sites for hydroxylation is 1. The predicted octanol–water partition coefficient (Wildman–Crippen LogP) is 2.81. The summed E-state index contributed by atoms with van der Waals surface area (Å²) in [6.45, 7) is 1.85. The van der Waals surface area contributed by atoms with E-state index in [1.54, 1.807) is 24.4 Å². The quantitative estimate of drug-likeness (QED) is 0.870. The maximum Gasteiger partial charge on any atom is 0.238 e. The Morgan fingerprint density at radius 2 is 2.19 bits per heavy atom. The monoisotopic (exact) mass is 235 g/mol. The molecule has 0 saturated heterocycles. The van der Waals surface area contributed by atoms with Crippen molar-refractivity contribution in [1.82, 2.24) is 9.97 Å². The molecule has 4 nitrogen and oxygen atoms in total. The van der Waals surface area contributed by atoms with Crippen LogP contribution in [0.15, 0.2) is 30.6 Å². The molecule has 82 valence electrons. The van der Waals surface area contributed by atoms with E-state index >= 15 is 0 Å². The molecule has 0 aliphatic rings. The van der Waals surface area contributed by atoms with Gasteiger partial charge in [-0.25, -0.2) is 4.98 Å². The molecule has 0 atom stereocenters. The van der Waals surface area contributed by atoms with Crippen molar-refractivity contribution in [2.75, 3.05) is 5.73 Å². The number of hydrogen-bond acceptors (Lipinski definition) is 4. The minimum absolute atomic E-state index is 0.326. The van der Waals surface area contributed by atoms with Gasteiger partial charge in [0.25, 0.3) is 0 Å². The molecule has 0 aliphatic heterocycles. The summed E-state index contributed by atoms with van der Waals surface area (Å²) in [6, 6.07) is 5.18. The summed E-state index contributed by atoms with van der Waals surface area (Å²) in [4.78, 5) is 8.11. The molecule has 0 saturated carbocycles. The van der Waals surface area contributed by atoms with E-state index < -0.39 is 0 Å². The molecular weight excluding hydrogens is 226 g/mol. The van der Waals surface area contributed by atoms with E-state index in [9.17, 15) is 0 Å². The Labute approximate surface area is 98.0 Å². The highest BCUT2D eigenvalue weighted by molar-refractivity contribution is 6.32. The number of pyridine rings is 2. The molecule has 0 radical (unpaired) electrons. The topological polar surface area (TPSA) is 61.0 Å². The first-order valence-corrected chi connectivity index (χ1v) is 5.05. The van der Waals surface area contributed by atoms with Crippen molar-refractivity contribution < 1.29 is 4.74 Å². The Bertz CT molecular complexity index is 516. The van der Waals surface area contributed by atoms with Gasteiger partial charge >= 0.3 is 0 Å². The third kappa shape index (κ3) is 2.23. The fourth-order valence-electron chi connectivity index (χ4n) is 1.20. The van der Waals surface area contributed by atoms with Gasteiger partial charge in [0.1, 0.15) is 5.02 Å². The number of nitrogens with zero attached hydrogens (tertiary/aromatic N) is 2. The lowest BCUT2D eigenvalue weighted by atomic mass is 10.3. The fourth-order valence-corrected chi connectivity index (χ4v) is 1.41. The van der Waals surface area contributed by atoms with Crippen LogP contribution >= 0.6 is 11.6 Å². The summed E-state index contributed by atoms with van der Waals surface area (Å²) >= 11 is 5.94. The highest BCUT2D eigenvalue weighted by Crippen LogP contribution is 2.29. The molecule has 0 bridgehead atoms. The zero-order chi connectivity index (χ0) is 11.5. The van der Waals surface area contributed by atoms with Crippen molar-refractivity contribution in [3.63, 3.8) is 0 Å². The number of nitrogen functional groups attached to an aromatic ring is 1. The largest absolute Gasteiger partial charge is 0.436 e. The summed E-state index contributed by atoms with van der Waals surface area (Å²) in [5.41, 5.74) is 6.81. The molecule has 2 aromatic rings. The molecule has 0 unspecified atom stereocenters. The molecule has 0 amide bonds. The van der Waals surface area contributed by atoms with Gasteiger partial charge in [-0.3, -0.25) is 4.98 Å². The fraction of sp³-hybridized carbons (Fsp3) is 0.0909. The number of rotatable bonds is 2. The number of ether oxygens (including phenoxy) is 1. The van der Waals surface area contributed by atoms with Crippen molar-refractivity contribution >= 4 is 17.3 Å². The van der Waals surface area contributed by atoms with Gasteiger partial charge in [-0.1, -0.05) is 11.6 Å². The molecule has 2 N–H and O–H groups in total. The van der Waals surface area contributed by atoms with Gasteiger partial charge in [0.2, 0.25) is 5.88 Å². The van der Waals surface area contributed by atoms with Crippen LogP contribution in [0.4, 0.5) is 5.69 Å². The summed E-state index contributed by atoms with van der Waals surface area (Å²) in [5, 5.41) is 0.378. The van der Waals surface area contributed by atoms with Crippen LogP contribution in [-0.4, -0.2) is 9.97 Å². The predicted molar refractivity (Wildman–Crippen MR) is 62.7 cm³/mol. The minimum Gasteiger partial charge on any atom is -0.436 e. The maximum absolute atomic E-state index is 5.94. The van der Waals surface area contributed by atoms with E-state index in [1.807, 2.05) is 6.92 Å². The number of aromatic nitrogens is 2. The van der Waals surface area contributed by atoms with Gasteiger partial charge in [-0.15, -0.1) is 0 Å². The molecule has 2 aromatic heterocycles. The second kappa shape index (κ2) is 4.37. The molecule has 0 aliphatic carbocycles. The van der Waals surface area contributed by atoms with Crippen LogP contribution in [0.1, 0.15) is 5.69 Å². The maximum atomic E-state index is 5.94. The van der Waals surface area contributed by atoms with Crippen LogP contribution in [0.3, 0.4) is 0 Å². The zero-order valence-corrected chi connectivity index (χ0v) is 9.40. The average molecular weight is 236 g/mol. The van der Waals surface area contributed by atoms with Crippen molar-refractivity contribution in [2.24, 2.45) is 0 Å². The van der Waals surface area contributed by atoms with E-state index in [1.165, 1.54) is 6.20 Å². The highest BCUT2D eigenvalue weighted by atomic mass is 35.5. The van der Waals surface area contributed by atoms with Crippen LogP contribution in [0.2, 0.25) is 5.02 Å². The summed E-state index contributed by atoms with van der Waals surface area (Å²) < 4.78 is 5.53. The van der Waals surface area contributed by atoms with Crippen LogP contribution in [0, 0.1) is 6.92 Å². The lowest BCUT2D eigenvalue weighted by molar-refractivity contribution is 0.457. The standard InChI is InChI=1S/C11H10ClN3O/c1-7-10(3-2-4-14-7)16-11-9(12)5-8(13)6-15-11/h2-6H,13H2,1H3. The molecule has 2 rings (SSSR count). The van der Waals surface area contributed by atoms with Gasteiger partial charge < -0.3 is 10.5 Å². The van der Waals surface area contributed by atoms with Gasteiger partial charge in [-0.2, -0.15) is 0 Å². The molecular formula is C11H10ClN3O. The molecule has 0 spiro atoms. The molecule has 0 fully saturated rings. The molecule has 0 aromatic carbocycles. The van der Waals surface area contributed by atoms with Gasteiger partial charge in [0.05, 0.1) is 17.6 Å². The Balaban J connectivity index is 2.31. The van der Waals surface area contributed by atoms with E-state index in [2.05, 4.69) is 9.97 Å². The van der Waals surface area contributed by atoms with Crippen molar-refractivity contribution in [3.05, 3.63) is 41.3 Å². The lowest BCUT2D eigenvalue weighted by Crippen LogP contribution is -1.94. The number of halogens is 1. The molecule has 5 heteroatoms. The van der Waals surface area contributed by atoms with E-state index in [-0.39, 0.29) is 0 Å². The zero-order valence-electron chi connectivity index (χ0n) is 8.64. The van der Waals surface area contributed by atoms with E-state index in [4.69, 9.17) is 22.1 Å². The van der Waals surface area contributed by atoms with Crippen molar-refractivity contribution in [3.8, 4) is 11.6 Å². The highest BCUT2D eigenvalue weighted by Gasteiger charge is 2.07. The minimum atomic E-state index is 0.326. The third-order valence-corrected chi connectivity index (χ3v) is 2.26. The number of anilines is 1. The normalized spacial score (nSPS) is 10.1. The smallest absolute Gasteiger partial charge is 0.238 e. The van der Waals surface area contributed by atoms with Crippen LogP contribution in [0.5, 0.6) is 11.6 Å². The Hall–Kier alpha value is -1.81. The first-order valence-electron chi connectivity index (χ1n) is 4.67. The summed E-state index contributed by atoms with van der Waals surface area (Å²) in [6.07, 6.45) is 3.19. The van der Waals surface area contributed by atoms with Crippen LogP contribution < -0.4 is 10.5 Å². The SMILES string of the molecule is Cc1ncccc1Oc1ncc(N)cc1Cl. The first-order chi connectivity index (χ1) is 7.66. The van der Waals surface area contributed by atoms with Gasteiger partial charge in [-0.05, 0) is 25.1 Å². The first kappa shape index (κ1) is 10.7. The second-order valence-corrected chi connectivity index (χ2v) is 3.65. The average Bonchev–Trinajstić information content (AvgIpc) is 2.25. The summed E-state index contributed by atoms with van der Waals surface area (Å²) in [7, 11) is 0. The Morgan fingerprint density at radius 1 is 1.38 bits per heavy atom. The third-order valence-electron chi connectivity index (χ3n) is 1.99. The summed E-state index contributed by atoms with van der Waals surface area (Å²) in [5.74, 6) is 0.952.